The van der Waals surface area contributed by atoms with Crippen LogP contribution in [0.15, 0.2) is 48.5 Å². The monoisotopic (exact) mass is 466 g/mol. The Morgan fingerprint density at radius 2 is 0.971 bits per heavy atom. The molecule has 2 aliphatic heterocycles. The van der Waals surface area contributed by atoms with Crippen molar-refractivity contribution in [1.29, 1.82) is 0 Å². The third-order valence-corrected chi connectivity index (χ3v) is 6.70. The van der Waals surface area contributed by atoms with Gasteiger partial charge in [-0.2, -0.15) is 0 Å². The van der Waals surface area contributed by atoms with Crippen LogP contribution in [0.3, 0.4) is 0 Å². The molecule has 2 fully saturated rings. The zero-order chi connectivity index (χ0) is 23.6. The van der Waals surface area contributed by atoms with Crippen LogP contribution >= 0.6 is 0 Å². The summed E-state index contributed by atoms with van der Waals surface area (Å²) in [6.07, 6.45) is 0. The van der Waals surface area contributed by atoms with Crippen molar-refractivity contribution in [3.8, 4) is 11.5 Å². The van der Waals surface area contributed by atoms with Crippen LogP contribution in [0.2, 0.25) is 0 Å². The predicted octanol–water partition coefficient (Wildman–Crippen LogP) is 4.06. The summed E-state index contributed by atoms with van der Waals surface area (Å²) in [5, 5.41) is 0. The molecule has 0 saturated carbocycles. The van der Waals surface area contributed by atoms with Gasteiger partial charge in [-0.25, -0.2) is 0 Å². The molecular formula is C28H38N2O4. The maximum Gasteiger partial charge on any atom is 0.119 e. The second kappa shape index (κ2) is 12.9. The van der Waals surface area contributed by atoms with E-state index in [9.17, 15) is 0 Å². The lowest BCUT2D eigenvalue weighted by molar-refractivity contribution is 0.0321. The Kier molecular flexibility index (Phi) is 9.39. The van der Waals surface area contributed by atoms with Crippen molar-refractivity contribution >= 4 is 11.1 Å². The van der Waals surface area contributed by atoms with Crippen molar-refractivity contribution < 1.29 is 18.9 Å². The molecule has 0 N–H and O–H groups in total. The second-order valence-corrected chi connectivity index (χ2v) is 8.90. The molecule has 6 heteroatoms. The standard InChI is InChI=1S/C28H38N2O4/c1-23(25-3-7-27(8-4-25)33-21-15-29-11-17-31-18-12-29)24(2)26-5-9-28(10-6-26)34-22-16-30-13-19-32-20-14-30/h3-10H,11-22H2,1-2H3/b24-23+. The highest BCUT2D eigenvalue weighted by atomic mass is 16.5. The fourth-order valence-electron chi connectivity index (χ4n) is 4.27. The van der Waals surface area contributed by atoms with Crippen LogP contribution in [0.4, 0.5) is 0 Å². The number of rotatable bonds is 10. The molecule has 4 rings (SSSR count). The SMILES string of the molecule is C/C(=C(/C)c1ccc(OCCN2CCOCC2)cc1)c1ccc(OCCN2CCOCC2)cc1. The number of benzene rings is 2. The highest BCUT2D eigenvalue weighted by Crippen LogP contribution is 2.28. The average molecular weight is 467 g/mol. The number of ether oxygens (including phenoxy) is 4. The fourth-order valence-corrected chi connectivity index (χ4v) is 4.27. The zero-order valence-corrected chi connectivity index (χ0v) is 20.6. The molecule has 2 aliphatic rings. The lowest BCUT2D eigenvalue weighted by Gasteiger charge is -2.26. The quantitative estimate of drug-likeness (QED) is 0.492. The first-order valence-corrected chi connectivity index (χ1v) is 12.4. The molecule has 0 aliphatic carbocycles. The van der Waals surface area contributed by atoms with Gasteiger partial charge in [0.1, 0.15) is 24.7 Å². The van der Waals surface area contributed by atoms with E-state index in [-0.39, 0.29) is 0 Å². The Morgan fingerprint density at radius 1 is 0.618 bits per heavy atom. The van der Waals surface area contributed by atoms with Crippen molar-refractivity contribution in [2.75, 3.05) is 78.9 Å². The molecule has 0 radical (unpaired) electrons. The molecule has 0 bridgehead atoms. The van der Waals surface area contributed by atoms with Crippen LogP contribution < -0.4 is 9.47 Å². The van der Waals surface area contributed by atoms with Gasteiger partial charge in [-0.3, -0.25) is 9.80 Å². The Labute approximate surface area is 204 Å². The number of allylic oxidation sites excluding steroid dienone is 2. The molecule has 2 saturated heterocycles. The van der Waals surface area contributed by atoms with Crippen molar-refractivity contribution in [1.82, 2.24) is 9.80 Å². The molecule has 6 nitrogen and oxygen atoms in total. The molecule has 34 heavy (non-hydrogen) atoms. The van der Waals surface area contributed by atoms with Gasteiger partial charge in [0.2, 0.25) is 0 Å². The summed E-state index contributed by atoms with van der Waals surface area (Å²) < 4.78 is 22.7. The van der Waals surface area contributed by atoms with Crippen LogP contribution in [0.5, 0.6) is 11.5 Å². The molecular weight excluding hydrogens is 428 g/mol. The molecule has 0 amide bonds. The fraction of sp³-hybridized carbons (Fsp3) is 0.500. The van der Waals surface area contributed by atoms with E-state index in [0.717, 1.165) is 77.2 Å². The Morgan fingerprint density at radius 3 is 1.32 bits per heavy atom. The molecule has 0 atom stereocenters. The van der Waals surface area contributed by atoms with Crippen LogP contribution in [0, 0.1) is 0 Å². The van der Waals surface area contributed by atoms with Crippen LogP contribution in [0.1, 0.15) is 25.0 Å². The van der Waals surface area contributed by atoms with Crippen molar-refractivity contribution in [2.24, 2.45) is 0 Å². The van der Waals surface area contributed by atoms with Gasteiger partial charge in [0.05, 0.1) is 26.4 Å². The van der Waals surface area contributed by atoms with E-state index in [2.05, 4.69) is 72.2 Å². The minimum absolute atomic E-state index is 0.702. The lowest BCUT2D eigenvalue weighted by Crippen LogP contribution is -2.38. The Balaban J connectivity index is 1.26. The number of nitrogens with zero attached hydrogens (tertiary/aromatic N) is 2. The molecule has 184 valence electrons. The summed E-state index contributed by atoms with van der Waals surface area (Å²) in [6.45, 7) is 14.9. The summed E-state index contributed by atoms with van der Waals surface area (Å²) in [6, 6.07) is 16.8. The summed E-state index contributed by atoms with van der Waals surface area (Å²) in [5.74, 6) is 1.84. The maximum absolute atomic E-state index is 5.95. The van der Waals surface area contributed by atoms with Crippen molar-refractivity contribution in [2.45, 2.75) is 13.8 Å². The number of hydrogen-bond acceptors (Lipinski definition) is 6. The summed E-state index contributed by atoms with van der Waals surface area (Å²) in [5.41, 5.74) is 4.95. The molecule has 2 aromatic rings. The first-order chi connectivity index (χ1) is 16.7. The molecule has 0 unspecified atom stereocenters. The third kappa shape index (κ3) is 7.31. The van der Waals surface area contributed by atoms with E-state index in [4.69, 9.17) is 18.9 Å². The molecule has 0 aromatic heterocycles. The summed E-state index contributed by atoms with van der Waals surface area (Å²) in [4.78, 5) is 4.77. The van der Waals surface area contributed by atoms with Crippen LogP contribution in [-0.2, 0) is 9.47 Å². The Bertz CT molecular complexity index is 824. The van der Waals surface area contributed by atoms with Gasteiger partial charge >= 0.3 is 0 Å². The maximum atomic E-state index is 5.95. The van der Waals surface area contributed by atoms with E-state index < -0.39 is 0 Å². The first-order valence-electron chi connectivity index (χ1n) is 12.4. The summed E-state index contributed by atoms with van der Waals surface area (Å²) >= 11 is 0. The zero-order valence-electron chi connectivity index (χ0n) is 20.6. The highest BCUT2D eigenvalue weighted by molar-refractivity contribution is 5.89. The smallest absolute Gasteiger partial charge is 0.119 e. The van der Waals surface area contributed by atoms with Gasteiger partial charge in [-0.05, 0) is 60.4 Å². The minimum Gasteiger partial charge on any atom is -0.492 e. The van der Waals surface area contributed by atoms with Gasteiger partial charge in [0, 0.05) is 39.3 Å². The van der Waals surface area contributed by atoms with Gasteiger partial charge in [-0.1, -0.05) is 24.3 Å². The van der Waals surface area contributed by atoms with E-state index in [1.807, 2.05) is 0 Å². The van der Waals surface area contributed by atoms with Gasteiger partial charge in [-0.15, -0.1) is 0 Å². The average Bonchev–Trinajstić information content (AvgIpc) is 2.90. The minimum atomic E-state index is 0.702. The molecule has 2 aromatic carbocycles. The van der Waals surface area contributed by atoms with E-state index >= 15 is 0 Å². The van der Waals surface area contributed by atoms with Gasteiger partial charge in [0.15, 0.2) is 0 Å². The van der Waals surface area contributed by atoms with Gasteiger partial charge in [0.25, 0.3) is 0 Å². The van der Waals surface area contributed by atoms with Crippen molar-refractivity contribution in [3.63, 3.8) is 0 Å². The largest absolute Gasteiger partial charge is 0.492 e. The Hall–Kier alpha value is -2.38. The highest BCUT2D eigenvalue weighted by Gasteiger charge is 2.11. The van der Waals surface area contributed by atoms with E-state index in [1.165, 1.54) is 22.3 Å². The predicted molar refractivity (Wildman–Crippen MR) is 137 cm³/mol. The number of morpholine rings is 2. The summed E-state index contributed by atoms with van der Waals surface area (Å²) in [7, 11) is 0. The molecule has 2 heterocycles. The van der Waals surface area contributed by atoms with Crippen LogP contribution in [0.25, 0.3) is 11.1 Å². The van der Waals surface area contributed by atoms with E-state index in [1.54, 1.807) is 0 Å². The lowest BCUT2D eigenvalue weighted by atomic mass is 9.97. The first kappa shape index (κ1) is 24.7. The van der Waals surface area contributed by atoms with Crippen molar-refractivity contribution in [3.05, 3.63) is 59.7 Å². The molecule has 0 spiro atoms. The van der Waals surface area contributed by atoms with E-state index in [0.29, 0.717) is 13.2 Å². The number of hydrogen-bond donors (Lipinski definition) is 0. The normalized spacial score (nSPS) is 18.4. The van der Waals surface area contributed by atoms with Crippen LogP contribution in [-0.4, -0.2) is 88.7 Å². The third-order valence-electron chi connectivity index (χ3n) is 6.70. The van der Waals surface area contributed by atoms with Gasteiger partial charge < -0.3 is 18.9 Å². The topological polar surface area (TPSA) is 43.4 Å². The second-order valence-electron chi connectivity index (χ2n) is 8.90.